The van der Waals surface area contributed by atoms with Crippen molar-refractivity contribution in [3.8, 4) is 22.5 Å². The summed E-state index contributed by atoms with van der Waals surface area (Å²) >= 11 is 0. The van der Waals surface area contributed by atoms with Crippen molar-refractivity contribution in [1.29, 1.82) is 0 Å². The first-order valence-corrected chi connectivity index (χ1v) is 11.5. The van der Waals surface area contributed by atoms with Gasteiger partial charge >= 0.3 is 5.97 Å². The van der Waals surface area contributed by atoms with Gasteiger partial charge in [-0.1, -0.05) is 72.5 Å². The number of aryl methyl sites for hydroxylation is 2. The van der Waals surface area contributed by atoms with Crippen LogP contribution < -0.4 is 5.32 Å². The van der Waals surface area contributed by atoms with Crippen LogP contribution in [0.3, 0.4) is 0 Å². The predicted molar refractivity (Wildman–Crippen MR) is 128 cm³/mol. The van der Waals surface area contributed by atoms with Gasteiger partial charge in [-0.3, -0.25) is 4.79 Å². The molecule has 0 amide bonds. The van der Waals surface area contributed by atoms with E-state index in [2.05, 4.69) is 67.7 Å². The lowest BCUT2D eigenvalue weighted by molar-refractivity contribution is -0.137. The summed E-state index contributed by atoms with van der Waals surface area (Å²) < 4.78 is 0. The molecule has 2 aromatic carbocycles. The van der Waals surface area contributed by atoms with E-state index in [0.717, 1.165) is 72.6 Å². The van der Waals surface area contributed by atoms with Gasteiger partial charge in [0.2, 0.25) is 0 Å². The summed E-state index contributed by atoms with van der Waals surface area (Å²) in [5.41, 5.74) is 8.59. The molecule has 3 aromatic rings. The van der Waals surface area contributed by atoms with Gasteiger partial charge in [0.05, 0.1) is 28.8 Å². The highest BCUT2D eigenvalue weighted by Crippen LogP contribution is 2.34. The number of hydrogen-bond acceptors (Lipinski definition) is 4. The summed E-state index contributed by atoms with van der Waals surface area (Å²) in [6.07, 6.45) is 4.67. The van der Waals surface area contributed by atoms with Crippen molar-refractivity contribution in [1.82, 2.24) is 15.3 Å². The molecule has 2 heterocycles. The number of nitrogens with zero attached hydrogens (tertiary/aromatic N) is 2. The van der Waals surface area contributed by atoms with Crippen LogP contribution in [-0.4, -0.2) is 27.6 Å². The van der Waals surface area contributed by atoms with Crippen LogP contribution in [-0.2, 0) is 11.2 Å². The van der Waals surface area contributed by atoms with Gasteiger partial charge in [0, 0.05) is 30.5 Å². The number of aromatic nitrogens is 2. The molecule has 1 aliphatic rings. The molecule has 166 valence electrons. The molecule has 1 aromatic heterocycles. The molecule has 2 N–H and O–H groups in total. The zero-order valence-corrected chi connectivity index (χ0v) is 18.9. The zero-order chi connectivity index (χ0) is 22.5. The Morgan fingerprint density at radius 3 is 2.09 bits per heavy atom. The third kappa shape index (κ3) is 5.22. The van der Waals surface area contributed by atoms with E-state index in [4.69, 9.17) is 15.1 Å². The highest BCUT2D eigenvalue weighted by atomic mass is 16.4. The fraction of sp³-hybridized carbons (Fsp3) is 0.370. The largest absolute Gasteiger partial charge is 0.481 e. The molecule has 1 aliphatic heterocycles. The highest BCUT2D eigenvalue weighted by molar-refractivity contribution is 5.78. The standard InChI is InChI=1S/C27H31N3O2/c1-18-8-12-20(13-9-18)25-26(21-14-10-19(2)11-15-21)30-27-22(28-17-16-23(27)29-25)6-4-3-5-7-24(31)32/h8-15,22,28H,3-7,16-17H2,1-2H3,(H,31,32). The molecule has 0 radical (unpaired) electrons. The number of benzene rings is 2. The molecule has 4 rings (SSSR count). The van der Waals surface area contributed by atoms with E-state index < -0.39 is 5.97 Å². The molecule has 5 nitrogen and oxygen atoms in total. The number of unbranched alkanes of at least 4 members (excludes halogenated alkanes) is 2. The maximum absolute atomic E-state index is 10.8. The fourth-order valence-electron chi connectivity index (χ4n) is 4.27. The van der Waals surface area contributed by atoms with E-state index in [-0.39, 0.29) is 12.5 Å². The van der Waals surface area contributed by atoms with Crippen LogP contribution in [0, 0.1) is 13.8 Å². The zero-order valence-electron chi connectivity index (χ0n) is 18.9. The molecule has 1 unspecified atom stereocenters. The van der Waals surface area contributed by atoms with Crippen LogP contribution in [0.15, 0.2) is 48.5 Å². The molecule has 5 heteroatoms. The molecule has 0 spiro atoms. The van der Waals surface area contributed by atoms with Crippen molar-refractivity contribution in [2.24, 2.45) is 0 Å². The minimum atomic E-state index is -0.719. The van der Waals surface area contributed by atoms with Crippen molar-refractivity contribution in [2.45, 2.75) is 58.4 Å². The number of carboxylic acid groups (broad SMARTS) is 1. The summed E-state index contributed by atoms with van der Waals surface area (Å²) in [6, 6.07) is 17.2. The number of carboxylic acids is 1. The van der Waals surface area contributed by atoms with Gasteiger partial charge in [-0.15, -0.1) is 0 Å². The topological polar surface area (TPSA) is 75.1 Å². The molecule has 0 bridgehead atoms. The van der Waals surface area contributed by atoms with Crippen LogP contribution in [0.5, 0.6) is 0 Å². The van der Waals surface area contributed by atoms with E-state index in [1.807, 2.05) is 0 Å². The quantitative estimate of drug-likeness (QED) is 0.453. The van der Waals surface area contributed by atoms with Gasteiger partial charge in [-0.2, -0.15) is 0 Å². The monoisotopic (exact) mass is 429 g/mol. The average Bonchev–Trinajstić information content (AvgIpc) is 2.79. The number of nitrogens with one attached hydrogen (secondary N) is 1. The van der Waals surface area contributed by atoms with Gasteiger partial charge in [-0.25, -0.2) is 9.97 Å². The highest BCUT2D eigenvalue weighted by Gasteiger charge is 2.25. The van der Waals surface area contributed by atoms with Crippen molar-refractivity contribution < 1.29 is 9.90 Å². The number of rotatable bonds is 8. The normalized spacial score (nSPS) is 15.4. The van der Waals surface area contributed by atoms with Crippen LogP contribution in [0.25, 0.3) is 22.5 Å². The molecule has 0 fully saturated rings. The van der Waals surface area contributed by atoms with Crippen molar-refractivity contribution in [3.05, 3.63) is 71.0 Å². The summed E-state index contributed by atoms with van der Waals surface area (Å²) in [5, 5.41) is 12.5. The van der Waals surface area contributed by atoms with Crippen LogP contribution in [0.2, 0.25) is 0 Å². The minimum Gasteiger partial charge on any atom is -0.481 e. The lowest BCUT2D eigenvalue weighted by Gasteiger charge is -2.27. The van der Waals surface area contributed by atoms with Crippen LogP contribution in [0.1, 0.15) is 60.7 Å². The average molecular weight is 430 g/mol. The van der Waals surface area contributed by atoms with Gasteiger partial charge < -0.3 is 10.4 Å². The number of aliphatic carboxylic acids is 1. The lowest BCUT2D eigenvalue weighted by Crippen LogP contribution is -2.32. The van der Waals surface area contributed by atoms with Crippen molar-refractivity contribution in [3.63, 3.8) is 0 Å². The lowest BCUT2D eigenvalue weighted by atomic mass is 9.96. The SMILES string of the molecule is Cc1ccc(-c2nc3c(nc2-c2ccc(C)cc2)C(CCCCCC(=O)O)NCC3)cc1. The predicted octanol–water partition coefficient (Wildman–Crippen LogP) is 5.65. The summed E-state index contributed by atoms with van der Waals surface area (Å²) in [6.45, 7) is 5.07. The van der Waals surface area contributed by atoms with Gasteiger partial charge in [0.15, 0.2) is 0 Å². The Balaban J connectivity index is 1.68. The smallest absolute Gasteiger partial charge is 0.303 e. The van der Waals surface area contributed by atoms with Gasteiger partial charge in [0.25, 0.3) is 0 Å². The summed E-state index contributed by atoms with van der Waals surface area (Å²) in [5.74, 6) is -0.719. The first-order chi connectivity index (χ1) is 15.5. The molecule has 1 atom stereocenters. The first kappa shape index (κ1) is 22.2. The molecular weight excluding hydrogens is 398 g/mol. The number of carbonyl (C=O) groups is 1. The maximum Gasteiger partial charge on any atom is 0.303 e. The Kier molecular flexibility index (Phi) is 6.96. The Morgan fingerprint density at radius 2 is 1.50 bits per heavy atom. The van der Waals surface area contributed by atoms with E-state index in [0.29, 0.717) is 0 Å². The third-order valence-electron chi connectivity index (χ3n) is 6.12. The summed E-state index contributed by atoms with van der Waals surface area (Å²) in [4.78, 5) is 21.1. The molecule has 0 saturated carbocycles. The van der Waals surface area contributed by atoms with E-state index in [9.17, 15) is 4.79 Å². The third-order valence-corrected chi connectivity index (χ3v) is 6.12. The Morgan fingerprint density at radius 1 is 0.906 bits per heavy atom. The van der Waals surface area contributed by atoms with E-state index in [1.54, 1.807) is 0 Å². The van der Waals surface area contributed by atoms with Crippen LogP contribution >= 0.6 is 0 Å². The van der Waals surface area contributed by atoms with Crippen molar-refractivity contribution >= 4 is 5.97 Å². The molecule has 32 heavy (non-hydrogen) atoms. The maximum atomic E-state index is 10.8. The second kappa shape index (κ2) is 10.0. The Hall–Kier alpha value is -3.05. The van der Waals surface area contributed by atoms with Crippen LogP contribution in [0.4, 0.5) is 0 Å². The van der Waals surface area contributed by atoms with E-state index in [1.165, 1.54) is 11.1 Å². The molecular formula is C27H31N3O2. The number of hydrogen-bond donors (Lipinski definition) is 2. The Labute approximate surface area is 189 Å². The minimum absolute atomic E-state index is 0.160. The Bertz CT molecular complexity index is 1080. The second-order valence-electron chi connectivity index (χ2n) is 8.73. The summed E-state index contributed by atoms with van der Waals surface area (Å²) in [7, 11) is 0. The van der Waals surface area contributed by atoms with Gasteiger partial charge in [-0.05, 0) is 26.7 Å². The van der Waals surface area contributed by atoms with Crippen molar-refractivity contribution in [2.75, 3.05) is 6.54 Å². The number of fused-ring (bicyclic) bond motifs is 1. The van der Waals surface area contributed by atoms with E-state index >= 15 is 0 Å². The molecule has 0 aliphatic carbocycles. The first-order valence-electron chi connectivity index (χ1n) is 11.5. The molecule has 0 saturated heterocycles. The second-order valence-corrected chi connectivity index (χ2v) is 8.73. The fourth-order valence-corrected chi connectivity index (χ4v) is 4.27. The van der Waals surface area contributed by atoms with Gasteiger partial charge in [0.1, 0.15) is 0 Å².